The van der Waals surface area contributed by atoms with Gasteiger partial charge in [0, 0.05) is 0 Å². The van der Waals surface area contributed by atoms with Crippen LogP contribution < -0.4 is 51.4 Å². The van der Waals surface area contributed by atoms with Crippen molar-refractivity contribution in [2.24, 2.45) is 0 Å². The predicted octanol–water partition coefficient (Wildman–Crippen LogP) is -2.35. The minimum Gasteiger partial charge on any atom is -0.489 e. The van der Waals surface area contributed by atoms with E-state index < -0.39 is 0 Å². The van der Waals surface area contributed by atoms with Crippen LogP contribution in [0.3, 0.4) is 0 Å². The van der Waals surface area contributed by atoms with E-state index in [9.17, 15) is 0 Å². The number of rotatable bonds is 0. The molecule has 0 atom stereocenters. The minimum absolute atomic E-state index is 0. The fourth-order valence-corrected chi connectivity index (χ4v) is 0. The smallest absolute Gasteiger partial charge is 0.489 e. The second kappa shape index (κ2) is 8.93. The van der Waals surface area contributed by atoms with E-state index in [0.29, 0.717) is 6.34 Å². The van der Waals surface area contributed by atoms with Gasteiger partial charge in [-0.25, -0.2) is 0 Å². The Balaban J connectivity index is 0. The Bertz CT molecular complexity index is 13.5. The Morgan fingerprint density at radius 1 is 1.75 bits per heavy atom. The van der Waals surface area contributed by atoms with Crippen molar-refractivity contribution in [1.82, 2.24) is 0 Å². The Morgan fingerprint density at radius 3 is 1.75 bits per heavy atom. The summed E-state index contributed by atoms with van der Waals surface area (Å²) in [4.78, 5) is 0. The van der Waals surface area contributed by atoms with Crippen LogP contribution in [0.5, 0.6) is 0 Å². The largest absolute Gasteiger partial charge is 1.00 e. The molecule has 0 bridgehead atoms. The van der Waals surface area contributed by atoms with Crippen LogP contribution in [0.4, 0.5) is 0 Å². The molecule has 2 nitrogen and oxygen atoms in total. The molecule has 0 heterocycles. The molecule has 0 saturated heterocycles. The second-order valence-corrected chi connectivity index (χ2v) is 0.144. The van der Waals surface area contributed by atoms with Crippen LogP contribution in [0.15, 0.2) is 0 Å². The normalized spacial score (nSPS) is 3.00. The van der Waals surface area contributed by atoms with Crippen molar-refractivity contribution in [2.75, 3.05) is 0 Å². The summed E-state index contributed by atoms with van der Waals surface area (Å²) in [5.74, 6) is 0. The van der Waals surface area contributed by atoms with E-state index >= 15 is 0 Å². The van der Waals surface area contributed by atoms with E-state index in [1.807, 2.05) is 0 Å². The summed E-state index contributed by atoms with van der Waals surface area (Å²) < 4.78 is 0. The summed E-state index contributed by atoms with van der Waals surface area (Å²) in [6.45, 7) is 0. The van der Waals surface area contributed by atoms with Gasteiger partial charge in [-0.1, -0.05) is 0 Å². The van der Waals surface area contributed by atoms with Crippen molar-refractivity contribution in [3.63, 3.8) is 0 Å². The monoisotopic (exact) mass is 82.0 g/mol. The van der Waals surface area contributed by atoms with Crippen molar-refractivity contribution >= 4 is 6.34 Å². The molecule has 0 fully saturated rings. The molecule has 3 heteroatoms. The summed E-state index contributed by atoms with van der Waals surface area (Å²) in [5.41, 5.74) is 5.75. The number of nitrogens with one attached hydrogen (secondary N) is 2. The van der Waals surface area contributed by atoms with E-state index in [0.717, 1.165) is 0 Å². The third kappa shape index (κ3) is 11.3. The molecule has 0 rings (SSSR count). The van der Waals surface area contributed by atoms with Crippen LogP contribution in [0.25, 0.3) is 5.73 Å². The van der Waals surface area contributed by atoms with E-state index in [4.69, 9.17) is 11.1 Å². The molecule has 0 aliphatic rings. The van der Waals surface area contributed by atoms with Crippen molar-refractivity contribution < 1.29 is 51.4 Å². The van der Waals surface area contributed by atoms with E-state index in [2.05, 4.69) is 0 Å². The SMILES string of the molecule is N=C[NH-].[K+]. The van der Waals surface area contributed by atoms with Crippen molar-refractivity contribution in [1.29, 1.82) is 5.41 Å². The molecule has 0 unspecified atom stereocenters. The summed E-state index contributed by atoms with van der Waals surface area (Å²) in [7, 11) is 0. The Kier molecular flexibility index (Phi) is 19.9. The van der Waals surface area contributed by atoms with Crippen LogP contribution in [0, 0.1) is 5.41 Å². The topological polar surface area (TPSA) is 47.7 Å². The van der Waals surface area contributed by atoms with Crippen LogP contribution in [-0.4, -0.2) is 6.34 Å². The Hall–Kier alpha value is 1.11. The third-order valence-corrected chi connectivity index (χ3v) is 0. The predicted molar refractivity (Wildman–Crippen MR) is 13.1 cm³/mol. The quantitative estimate of drug-likeness (QED) is 0.193. The molecule has 0 radical (unpaired) electrons. The second-order valence-electron chi connectivity index (χ2n) is 0.144. The molecule has 0 aromatic carbocycles. The molecule has 0 aromatic heterocycles. The van der Waals surface area contributed by atoms with Crippen LogP contribution >= 0.6 is 0 Å². The van der Waals surface area contributed by atoms with Gasteiger partial charge in [-0.2, -0.15) is 0 Å². The molecule has 0 spiro atoms. The van der Waals surface area contributed by atoms with Crippen LogP contribution in [0.2, 0.25) is 0 Å². The van der Waals surface area contributed by atoms with Gasteiger partial charge in [-0.3, -0.25) is 0 Å². The molecule has 0 amide bonds. The summed E-state index contributed by atoms with van der Waals surface area (Å²) in [6, 6.07) is 0. The van der Waals surface area contributed by atoms with Gasteiger partial charge in [0.05, 0.1) is 0 Å². The van der Waals surface area contributed by atoms with Crippen molar-refractivity contribution in [2.45, 2.75) is 0 Å². The molecule has 0 aliphatic heterocycles. The van der Waals surface area contributed by atoms with E-state index in [1.54, 1.807) is 0 Å². The van der Waals surface area contributed by atoms with Gasteiger partial charge >= 0.3 is 51.4 Å². The minimum atomic E-state index is 0. The van der Waals surface area contributed by atoms with Crippen molar-refractivity contribution in [3.05, 3.63) is 5.73 Å². The maximum absolute atomic E-state index is 5.75. The molecule has 0 aliphatic carbocycles. The first kappa shape index (κ1) is 8.92. The van der Waals surface area contributed by atoms with Crippen LogP contribution in [0.1, 0.15) is 0 Å². The zero-order chi connectivity index (χ0) is 2.71. The zero-order valence-electron chi connectivity index (χ0n) is 2.58. The fraction of sp³-hybridized carbons (Fsp3) is 0. The summed E-state index contributed by atoms with van der Waals surface area (Å²) in [6.07, 6.45) is 0.500. The maximum Gasteiger partial charge on any atom is 1.00 e. The van der Waals surface area contributed by atoms with Gasteiger partial charge in [0.2, 0.25) is 0 Å². The first-order valence-corrected chi connectivity index (χ1v) is 0.577. The van der Waals surface area contributed by atoms with Gasteiger partial charge in [0.1, 0.15) is 0 Å². The van der Waals surface area contributed by atoms with Gasteiger partial charge in [0.15, 0.2) is 0 Å². The number of hydrogen-bond acceptors (Lipinski definition) is 1. The third-order valence-electron chi connectivity index (χ3n) is 0. The first-order chi connectivity index (χ1) is 1.41. The molecule has 0 aromatic rings. The van der Waals surface area contributed by atoms with Gasteiger partial charge < -0.3 is 11.1 Å². The average Bonchev–Trinajstić information content (AvgIpc) is 0.918. The van der Waals surface area contributed by atoms with Crippen LogP contribution in [-0.2, 0) is 0 Å². The van der Waals surface area contributed by atoms with E-state index in [-0.39, 0.29) is 51.4 Å². The van der Waals surface area contributed by atoms with Crippen molar-refractivity contribution in [3.8, 4) is 0 Å². The van der Waals surface area contributed by atoms with E-state index in [1.165, 1.54) is 0 Å². The average molecular weight is 82.1 g/mol. The number of hydrogen-bond donors (Lipinski definition) is 1. The first-order valence-electron chi connectivity index (χ1n) is 0.577. The van der Waals surface area contributed by atoms with Gasteiger partial charge in [-0.15, -0.1) is 6.34 Å². The Morgan fingerprint density at radius 2 is 1.75 bits per heavy atom. The molecule has 2 N–H and O–H groups in total. The molecule has 4 heavy (non-hydrogen) atoms. The Labute approximate surface area is 67.7 Å². The molecule has 0 saturated carbocycles. The molecular formula is CH3KN2. The molecular weight excluding hydrogens is 79.1 g/mol. The zero-order valence-corrected chi connectivity index (χ0v) is 5.70. The standard InChI is InChI=1S/CH3N2.K/c2-1-3;/h1H,(H2-,2,3);/q-1;+1. The van der Waals surface area contributed by atoms with Gasteiger partial charge in [-0.05, 0) is 0 Å². The fourth-order valence-electron chi connectivity index (χ4n) is 0. The maximum atomic E-state index is 5.75. The summed E-state index contributed by atoms with van der Waals surface area (Å²) >= 11 is 0. The van der Waals surface area contributed by atoms with Gasteiger partial charge in [0.25, 0.3) is 0 Å². The molecule has 18 valence electrons. The summed E-state index contributed by atoms with van der Waals surface area (Å²) in [5, 5.41) is 5.75.